The molecule has 37 heavy (non-hydrogen) atoms. The predicted octanol–water partition coefficient (Wildman–Crippen LogP) is 3.02. The van der Waals surface area contributed by atoms with Crippen LogP contribution in [-0.4, -0.2) is 66.1 Å². The summed E-state index contributed by atoms with van der Waals surface area (Å²) in [6, 6.07) is 18.7. The smallest absolute Gasteiger partial charge is 0.254 e. The normalized spacial score (nSPS) is 20.3. The van der Waals surface area contributed by atoms with Gasteiger partial charge in [-0.05, 0) is 24.0 Å². The van der Waals surface area contributed by atoms with Crippen LogP contribution in [0.2, 0.25) is 0 Å². The highest BCUT2D eigenvalue weighted by atomic mass is 16.5. The Labute approximate surface area is 218 Å². The summed E-state index contributed by atoms with van der Waals surface area (Å²) < 4.78 is 5.87. The highest BCUT2D eigenvalue weighted by Gasteiger charge is 2.53. The van der Waals surface area contributed by atoms with Gasteiger partial charge in [0.15, 0.2) is 0 Å². The lowest BCUT2D eigenvalue weighted by Crippen LogP contribution is -2.58. The molecule has 2 atom stereocenters. The summed E-state index contributed by atoms with van der Waals surface area (Å²) in [5, 5.41) is 8.83. The van der Waals surface area contributed by atoms with Crippen LogP contribution in [0.1, 0.15) is 38.3 Å². The van der Waals surface area contributed by atoms with E-state index in [9.17, 15) is 14.4 Å². The van der Waals surface area contributed by atoms with Gasteiger partial charge in [-0.15, -0.1) is 0 Å². The van der Waals surface area contributed by atoms with Crippen molar-refractivity contribution in [1.82, 2.24) is 15.2 Å². The van der Waals surface area contributed by atoms with E-state index in [0.29, 0.717) is 31.7 Å². The van der Waals surface area contributed by atoms with Gasteiger partial charge in [0.2, 0.25) is 11.8 Å². The van der Waals surface area contributed by atoms with E-state index in [-0.39, 0.29) is 30.9 Å². The highest BCUT2D eigenvalue weighted by molar-refractivity contribution is 6.14. The van der Waals surface area contributed by atoms with Gasteiger partial charge in [-0.1, -0.05) is 81.4 Å². The van der Waals surface area contributed by atoms with Crippen LogP contribution in [0.5, 0.6) is 0 Å². The van der Waals surface area contributed by atoms with Crippen molar-refractivity contribution in [3.8, 4) is 0 Å². The molecule has 0 bridgehead atoms. The number of benzene rings is 2. The molecule has 8 heteroatoms. The number of hydrogen-bond acceptors (Lipinski definition) is 5. The van der Waals surface area contributed by atoms with E-state index in [1.807, 2.05) is 81.4 Å². The first-order valence-corrected chi connectivity index (χ1v) is 12.7. The van der Waals surface area contributed by atoms with Crippen molar-refractivity contribution in [2.45, 2.75) is 46.3 Å². The van der Waals surface area contributed by atoms with Gasteiger partial charge in [0, 0.05) is 19.0 Å². The minimum absolute atomic E-state index is 0.0396. The molecular formula is C29H36N4O4. The van der Waals surface area contributed by atoms with Crippen molar-refractivity contribution in [3.63, 3.8) is 0 Å². The number of carbonyl (C=O) groups excluding carboxylic acids is 3. The summed E-state index contributed by atoms with van der Waals surface area (Å²) in [6.45, 7) is 6.44. The Morgan fingerprint density at radius 3 is 2.30 bits per heavy atom. The van der Waals surface area contributed by atoms with E-state index in [4.69, 9.17) is 4.74 Å². The summed E-state index contributed by atoms with van der Waals surface area (Å²) in [5.41, 5.74) is 1.33. The fourth-order valence-electron chi connectivity index (χ4n) is 4.81. The standard InChI is InChI=1S/C29H36N4O4/c1-28(2,3)26(35)30-23(20-37-19-22-13-9-6-10-14-22)25(34)33-16-15-29(17-21-11-7-5-8-12-21)24(18-33)31-32(4)27(29)36/h5-14,23H,15-20H2,1-4H3,(H,30,35). The van der Waals surface area contributed by atoms with Gasteiger partial charge in [-0.3, -0.25) is 14.4 Å². The van der Waals surface area contributed by atoms with Crippen molar-refractivity contribution in [2.24, 2.45) is 15.9 Å². The molecule has 196 valence electrons. The van der Waals surface area contributed by atoms with Gasteiger partial charge in [0.25, 0.3) is 5.91 Å². The molecule has 0 aliphatic carbocycles. The minimum atomic E-state index is -0.840. The minimum Gasteiger partial charge on any atom is -0.374 e. The third kappa shape index (κ3) is 5.91. The number of likely N-dealkylation sites (tertiary alicyclic amines) is 1. The maximum atomic E-state index is 13.7. The van der Waals surface area contributed by atoms with Crippen LogP contribution >= 0.6 is 0 Å². The van der Waals surface area contributed by atoms with Crippen molar-refractivity contribution in [2.75, 3.05) is 26.7 Å². The average molecular weight is 505 g/mol. The number of amides is 3. The topological polar surface area (TPSA) is 91.3 Å². The molecule has 1 N–H and O–H groups in total. The molecule has 4 rings (SSSR count). The molecule has 2 aromatic carbocycles. The second-order valence-corrected chi connectivity index (χ2v) is 10.9. The van der Waals surface area contributed by atoms with Crippen LogP contribution in [0, 0.1) is 10.8 Å². The molecule has 0 saturated carbocycles. The summed E-state index contributed by atoms with van der Waals surface area (Å²) in [4.78, 5) is 41.4. The molecule has 0 spiro atoms. The van der Waals surface area contributed by atoms with Gasteiger partial charge in [-0.2, -0.15) is 5.10 Å². The third-order valence-corrected chi connectivity index (χ3v) is 7.02. The molecule has 1 saturated heterocycles. The lowest BCUT2D eigenvalue weighted by molar-refractivity contribution is -0.142. The molecular weight excluding hydrogens is 468 g/mol. The van der Waals surface area contributed by atoms with Gasteiger partial charge >= 0.3 is 0 Å². The third-order valence-electron chi connectivity index (χ3n) is 7.02. The lowest BCUT2D eigenvalue weighted by Gasteiger charge is -2.39. The second kappa shape index (κ2) is 10.8. The number of hydrazone groups is 1. The first-order chi connectivity index (χ1) is 17.6. The average Bonchev–Trinajstić information content (AvgIpc) is 3.12. The predicted molar refractivity (Wildman–Crippen MR) is 141 cm³/mol. The first kappa shape index (κ1) is 26.5. The fourth-order valence-corrected chi connectivity index (χ4v) is 4.81. The second-order valence-electron chi connectivity index (χ2n) is 10.9. The number of ether oxygens (including phenoxy) is 1. The molecule has 2 aliphatic rings. The Kier molecular flexibility index (Phi) is 7.78. The van der Waals surface area contributed by atoms with Crippen LogP contribution in [0.4, 0.5) is 0 Å². The summed E-state index contributed by atoms with van der Waals surface area (Å²) in [5.74, 6) is -0.497. The van der Waals surface area contributed by atoms with Crippen molar-refractivity contribution in [3.05, 3.63) is 71.8 Å². The van der Waals surface area contributed by atoms with Gasteiger partial charge < -0.3 is 15.0 Å². The molecule has 0 radical (unpaired) electrons. The number of nitrogens with one attached hydrogen (secondary N) is 1. The Balaban J connectivity index is 1.49. The van der Waals surface area contributed by atoms with E-state index in [2.05, 4.69) is 10.4 Å². The quantitative estimate of drug-likeness (QED) is 0.598. The van der Waals surface area contributed by atoms with Gasteiger partial charge in [0.1, 0.15) is 6.04 Å². The zero-order valence-corrected chi connectivity index (χ0v) is 22.1. The zero-order valence-electron chi connectivity index (χ0n) is 22.1. The Hall–Kier alpha value is -3.52. The Morgan fingerprint density at radius 2 is 1.68 bits per heavy atom. The largest absolute Gasteiger partial charge is 0.374 e. The Morgan fingerprint density at radius 1 is 1.05 bits per heavy atom. The van der Waals surface area contributed by atoms with Crippen LogP contribution < -0.4 is 5.32 Å². The van der Waals surface area contributed by atoms with E-state index in [0.717, 1.165) is 11.1 Å². The maximum Gasteiger partial charge on any atom is 0.254 e. The number of nitrogens with zero attached hydrogens (tertiary/aromatic N) is 3. The molecule has 3 amide bonds. The van der Waals surface area contributed by atoms with E-state index in [1.54, 1.807) is 11.9 Å². The number of carbonyl (C=O) groups is 3. The summed E-state index contributed by atoms with van der Waals surface area (Å²) in [6.07, 6.45) is 1.02. The molecule has 2 aromatic rings. The number of piperidine rings is 1. The molecule has 2 heterocycles. The van der Waals surface area contributed by atoms with Crippen molar-refractivity contribution < 1.29 is 19.1 Å². The molecule has 2 unspecified atom stereocenters. The highest BCUT2D eigenvalue weighted by Crippen LogP contribution is 2.39. The van der Waals surface area contributed by atoms with E-state index >= 15 is 0 Å². The lowest BCUT2D eigenvalue weighted by atomic mass is 9.72. The van der Waals surface area contributed by atoms with Crippen LogP contribution in [0.3, 0.4) is 0 Å². The monoisotopic (exact) mass is 504 g/mol. The summed E-state index contributed by atoms with van der Waals surface area (Å²) in [7, 11) is 1.66. The molecule has 8 nitrogen and oxygen atoms in total. The molecule has 1 fully saturated rings. The van der Waals surface area contributed by atoms with Crippen molar-refractivity contribution in [1.29, 1.82) is 0 Å². The zero-order chi connectivity index (χ0) is 26.6. The number of hydrogen-bond donors (Lipinski definition) is 1. The van der Waals surface area contributed by atoms with Crippen LogP contribution in [0.15, 0.2) is 65.8 Å². The van der Waals surface area contributed by atoms with Crippen LogP contribution in [0.25, 0.3) is 0 Å². The van der Waals surface area contributed by atoms with Crippen molar-refractivity contribution >= 4 is 23.4 Å². The molecule has 2 aliphatic heterocycles. The fraction of sp³-hybridized carbons (Fsp3) is 0.448. The SMILES string of the molecule is CN1N=C2CN(C(=O)C(COCc3ccccc3)NC(=O)C(C)(C)C)CCC2(Cc2ccccc2)C1=O. The summed E-state index contributed by atoms with van der Waals surface area (Å²) >= 11 is 0. The molecule has 0 aromatic heterocycles. The van der Waals surface area contributed by atoms with E-state index < -0.39 is 16.9 Å². The van der Waals surface area contributed by atoms with Gasteiger partial charge in [0.05, 0.1) is 30.9 Å². The number of rotatable bonds is 8. The Bertz CT molecular complexity index is 1160. The van der Waals surface area contributed by atoms with Crippen LogP contribution in [-0.2, 0) is 32.1 Å². The van der Waals surface area contributed by atoms with Gasteiger partial charge in [-0.25, -0.2) is 5.01 Å². The van der Waals surface area contributed by atoms with E-state index in [1.165, 1.54) is 5.01 Å². The number of fused-ring (bicyclic) bond motifs is 1. The first-order valence-electron chi connectivity index (χ1n) is 12.7. The maximum absolute atomic E-state index is 13.7.